The number of anilines is 2. The largest absolute Gasteiger partial charge is 0.394 e. The molecule has 78 valence electrons. The van der Waals surface area contributed by atoms with Crippen molar-refractivity contribution in [3.63, 3.8) is 0 Å². The molecule has 1 heterocycles. The predicted molar refractivity (Wildman–Crippen MR) is 59.4 cm³/mol. The Morgan fingerprint density at radius 1 is 1.71 bits per heavy atom. The van der Waals surface area contributed by atoms with Crippen LogP contribution in [0.2, 0.25) is 0 Å². The molecular formula is C8H14N4OS. The maximum atomic E-state index is 11.3. The van der Waals surface area contributed by atoms with Gasteiger partial charge in [0.05, 0.1) is 17.1 Å². The minimum Gasteiger partial charge on any atom is -0.394 e. The highest BCUT2D eigenvalue weighted by atomic mass is 32.2. The van der Waals surface area contributed by atoms with Crippen LogP contribution in [0.1, 0.15) is 5.69 Å². The molecule has 0 spiro atoms. The van der Waals surface area contributed by atoms with Crippen LogP contribution in [0.4, 0.5) is 11.5 Å². The van der Waals surface area contributed by atoms with Crippen LogP contribution in [-0.4, -0.2) is 27.7 Å². The molecule has 0 fully saturated rings. The van der Waals surface area contributed by atoms with Crippen molar-refractivity contribution in [2.45, 2.75) is 6.92 Å². The Hall–Kier alpha value is -1.17. The van der Waals surface area contributed by atoms with Gasteiger partial charge in [0.25, 0.3) is 0 Å². The van der Waals surface area contributed by atoms with Crippen LogP contribution in [0.3, 0.4) is 0 Å². The summed E-state index contributed by atoms with van der Waals surface area (Å²) in [4.78, 5) is 11.3. The van der Waals surface area contributed by atoms with Gasteiger partial charge in [-0.1, -0.05) is 0 Å². The third kappa shape index (κ3) is 2.20. The summed E-state index contributed by atoms with van der Waals surface area (Å²) in [5.74, 6) is 0.928. The van der Waals surface area contributed by atoms with Gasteiger partial charge in [0.15, 0.2) is 5.82 Å². The average Bonchev–Trinajstić information content (AvgIpc) is 2.33. The fourth-order valence-corrected chi connectivity index (χ4v) is 1.46. The minimum absolute atomic E-state index is 0.0628. The van der Waals surface area contributed by atoms with Crippen LogP contribution in [0.25, 0.3) is 0 Å². The maximum Gasteiger partial charge on any atom is 0.235 e. The van der Waals surface area contributed by atoms with Gasteiger partial charge in [0, 0.05) is 7.05 Å². The van der Waals surface area contributed by atoms with E-state index >= 15 is 0 Å². The number of aryl methyl sites for hydroxylation is 2. The monoisotopic (exact) mass is 214 g/mol. The second kappa shape index (κ2) is 4.36. The van der Waals surface area contributed by atoms with Crippen molar-refractivity contribution in [3.8, 4) is 0 Å². The Balaban J connectivity index is 2.81. The predicted octanol–water partition coefficient (Wildman–Crippen LogP) is 0.612. The van der Waals surface area contributed by atoms with E-state index in [0.717, 1.165) is 5.69 Å². The maximum absolute atomic E-state index is 11.3. The molecule has 1 aromatic rings. The molecule has 6 heteroatoms. The molecular weight excluding hydrogens is 200 g/mol. The molecule has 0 saturated carbocycles. The number of nitrogen functional groups attached to an aromatic ring is 1. The van der Waals surface area contributed by atoms with Gasteiger partial charge in [-0.05, 0) is 13.2 Å². The molecule has 0 saturated heterocycles. The number of carbonyl (C=O) groups excluding carboxylic acids is 1. The van der Waals surface area contributed by atoms with Crippen molar-refractivity contribution in [3.05, 3.63) is 5.69 Å². The molecule has 0 bridgehead atoms. The first kappa shape index (κ1) is 10.9. The van der Waals surface area contributed by atoms with Crippen molar-refractivity contribution in [1.29, 1.82) is 0 Å². The molecule has 0 atom stereocenters. The van der Waals surface area contributed by atoms with E-state index in [9.17, 15) is 4.79 Å². The Labute approximate surface area is 87.0 Å². The molecule has 14 heavy (non-hydrogen) atoms. The standard InChI is InChI=1S/C8H14N4OS/c1-5-7(9)8(12(2)11-5)10-6(13)4-14-3/h4,9H2,1-3H3,(H,10,13). The normalized spacial score (nSPS) is 10.2. The molecule has 3 N–H and O–H groups in total. The van der Waals surface area contributed by atoms with Gasteiger partial charge in [-0.25, -0.2) is 0 Å². The quantitative estimate of drug-likeness (QED) is 0.773. The van der Waals surface area contributed by atoms with Crippen molar-refractivity contribution in [2.24, 2.45) is 7.05 Å². The average molecular weight is 214 g/mol. The van der Waals surface area contributed by atoms with Crippen LogP contribution in [0.5, 0.6) is 0 Å². The zero-order valence-corrected chi connectivity index (χ0v) is 9.31. The molecule has 1 rings (SSSR count). The SMILES string of the molecule is CSCC(=O)Nc1c(N)c(C)nn1C. The van der Waals surface area contributed by atoms with Gasteiger partial charge < -0.3 is 11.1 Å². The van der Waals surface area contributed by atoms with Crippen molar-refractivity contribution >= 4 is 29.2 Å². The number of nitrogens with two attached hydrogens (primary N) is 1. The molecule has 0 aliphatic carbocycles. The van der Waals surface area contributed by atoms with Crippen LogP contribution in [-0.2, 0) is 11.8 Å². The number of amides is 1. The molecule has 0 unspecified atom stereocenters. The summed E-state index contributed by atoms with van der Waals surface area (Å²) in [6, 6.07) is 0. The lowest BCUT2D eigenvalue weighted by atomic mass is 10.4. The Morgan fingerprint density at radius 3 is 2.79 bits per heavy atom. The van der Waals surface area contributed by atoms with Gasteiger partial charge in [0.1, 0.15) is 0 Å². The molecule has 1 aromatic heterocycles. The van der Waals surface area contributed by atoms with E-state index < -0.39 is 0 Å². The van der Waals surface area contributed by atoms with E-state index in [0.29, 0.717) is 17.3 Å². The van der Waals surface area contributed by atoms with Gasteiger partial charge in [-0.15, -0.1) is 0 Å². The summed E-state index contributed by atoms with van der Waals surface area (Å²) in [6.45, 7) is 1.81. The van der Waals surface area contributed by atoms with Crippen molar-refractivity contribution in [1.82, 2.24) is 9.78 Å². The second-order valence-electron chi connectivity index (χ2n) is 2.95. The fourth-order valence-electron chi connectivity index (χ4n) is 1.12. The summed E-state index contributed by atoms with van der Waals surface area (Å²) in [5, 5.41) is 6.81. The summed E-state index contributed by atoms with van der Waals surface area (Å²) in [5.41, 5.74) is 7.00. The molecule has 0 radical (unpaired) electrons. The van der Waals surface area contributed by atoms with Crippen LogP contribution in [0, 0.1) is 6.92 Å². The molecule has 0 aliphatic heterocycles. The highest BCUT2D eigenvalue weighted by Gasteiger charge is 2.11. The smallest absolute Gasteiger partial charge is 0.235 e. The topological polar surface area (TPSA) is 72.9 Å². The Morgan fingerprint density at radius 2 is 2.36 bits per heavy atom. The Kier molecular flexibility index (Phi) is 3.40. The van der Waals surface area contributed by atoms with Crippen LogP contribution in [0.15, 0.2) is 0 Å². The highest BCUT2D eigenvalue weighted by Crippen LogP contribution is 2.20. The lowest BCUT2D eigenvalue weighted by Gasteiger charge is -2.04. The van der Waals surface area contributed by atoms with E-state index in [4.69, 9.17) is 5.73 Å². The van der Waals surface area contributed by atoms with E-state index in [2.05, 4.69) is 10.4 Å². The zero-order chi connectivity index (χ0) is 10.7. The number of carbonyl (C=O) groups is 1. The summed E-state index contributed by atoms with van der Waals surface area (Å²) >= 11 is 1.46. The van der Waals surface area contributed by atoms with Crippen LogP contribution < -0.4 is 11.1 Å². The van der Waals surface area contributed by atoms with Gasteiger partial charge in [-0.2, -0.15) is 16.9 Å². The summed E-state index contributed by atoms with van der Waals surface area (Å²) in [7, 11) is 1.75. The summed E-state index contributed by atoms with van der Waals surface area (Å²) < 4.78 is 1.57. The van der Waals surface area contributed by atoms with Gasteiger partial charge in [0.2, 0.25) is 5.91 Å². The van der Waals surface area contributed by atoms with Crippen molar-refractivity contribution < 1.29 is 4.79 Å². The zero-order valence-electron chi connectivity index (χ0n) is 8.50. The molecule has 0 aliphatic rings. The summed E-state index contributed by atoms with van der Waals surface area (Å²) in [6.07, 6.45) is 1.87. The van der Waals surface area contributed by atoms with E-state index in [1.165, 1.54) is 11.8 Å². The lowest BCUT2D eigenvalue weighted by Crippen LogP contribution is -2.17. The highest BCUT2D eigenvalue weighted by molar-refractivity contribution is 7.99. The number of thioether (sulfide) groups is 1. The number of hydrogen-bond donors (Lipinski definition) is 2. The van der Waals surface area contributed by atoms with Gasteiger partial charge >= 0.3 is 0 Å². The first-order valence-corrected chi connectivity index (χ1v) is 5.53. The molecule has 1 amide bonds. The first-order valence-electron chi connectivity index (χ1n) is 4.14. The number of nitrogens with zero attached hydrogens (tertiary/aromatic N) is 2. The van der Waals surface area contributed by atoms with Gasteiger partial charge in [-0.3, -0.25) is 9.48 Å². The van der Waals surface area contributed by atoms with Crippen LogP contribution >= 0.6 is 11.8 Å². The second-order valence-corrected chi connectivity index (χ2v) is 3.82. The van der Waals surface area contributed by atoms with E-state index in [-0.39, 0.29) is 5.91 Å². The minimum atomic E-state index is -0.0628. The number of hydrogen-bond acceptors (Lipinski definition) is 4. The number of aromatic nitrogens is 2. The first-order chi connectivity index (χ1) is 6.56. The number of nitrogens with one attached hydrogen (secondary N) is 1. The third-order valence-electron chi connectivity index (χ3n) is 1.80. The fraction of sp³-hybridized carbons (Fsp3) is 0.500. The Bertz CT molecular complexity index is 347. The van der Waals surface area contributed by atoms with Crippen molar-refractivity contribution in [2.75, 3.05) is 23.1 Å². The van der Waals surface area contributed by atoms with E-state index in [1.54, 1.807) is 18.7 Å². The van der Waals surface area contributed by atoms with E-state index in [1.807, 2.05) is 6.26 Å². The third-order valence-corrected chi connectivity index (χ3v) is 2.35. The number of rotatable bonds is 3. The lowest BCUT2D eigenvalue weighted by molar-refractivity contribution is -0.113. The molecule has 0 aromatic carbocycles. The molecule has 5 nitrogen and oxygen atoms in total.